The van der Waals surface area contributed by atoms with Crippen molar-refractivity contribution in [3.8, 4) is 5.75 Å². The van der Waals surface area contributed by atoms with Crippen LogP contribution in [0.15, 0.2) is 48.5 Å². The molecule has 100 valence electrons. The second-order valence-corrected chi connectivity index (χ2v) is 4.63. The van der Waals surface area contributed by atoms with E-state index in [1.807, 2.05) is 36.4 Å². The first-order valence-electron chi connectivity index (χ1n) is 6.63. The van der Waals surface area contributed by atoms with Crippen molar-refractivity contribution in [3.05, 3.63) is 65.2 Å². The lowest BCUT2D eigenvalue weighted by Crippen LogP contribution is -2.03. The van der Waals surface area contributed by atoms with Crippen molar-refractivity contribution in [2.45, 2.75) is 25.9 Å². The molecule has 0 amide bonds. The largest absolute Gasteiger partial charge is 0.496 e. The van der Waals surface area contributed by atoms with Crippen molar-refractivity contribution >= 4 is 0 Å². The zero-order chi connectivity index (χ0) is 13.7. The monoisotopic (exact) mass is 256 g/mol. The van der Waals surface area contributed by atoms with E-state index in [0.29, 0.717) is 6.42 Å². The van der Waals surface area contributed by atoms with E-state index in [1.54, 1.807) is 7.11 Å². The van der Waals surface area contributed by atoms with Crippen LogP contribution in [-0.4, -0.2) is 12.2 Å². The Morgan fingerprint density at radius 1 is 1.11 bits per heavy atom. The number of aliphatic hydroxyl groups excluding tert-OH is 1. The molecule has 0 saturated carbocycles. The molecule has 0 fully saturated rings. The summed E-state index contributed by atoms with van der Waals surface area (Å²) >= 11 is 0. The normalized spacial score (nSPS) is 12.2. The summed E-state index contributed by atoms with van der Waals surface area (Å²) in [7, 11) is 1.66. The highest BCUT2D eigenvalue weighted by molar-refractivity contribution is 5.35. The van der Waals surface area contributed by atoms with Crippen molar-refractivity contribution in [1.29, 1.82) is 0 Å². The van der Waals surface area contributed by atoms with E-state index in [1.165, 1.54) is 5.56 Å². The fourth-order valence-corrected chi connectivity index (χ4v) is 2.22. The molecule has 0 aliphatic carbocycles. The number of hydrogen-bond acceptors (Lipinski definition) is 2. The van der Waals surface area contributed by atoms with Gasteiger partial charge in [-0.15, -0.1) is 0 Å². The van der Waals surface area contributed by atoms with Gasteiger partial charge in [0.15, 0.2) is 0 Å². The second kappa shape index (κ2) is 6.39. The molecule has 1 atom stereocenters. The van der Waals surface area contributed by atoms with Crippen LogP contribution in [0.3, 0.4) is 0 Å². The van der Waals surface area contributed by atoms with Crippen molar-refractivity contribution < 1.29 is 9.84 Å². The van der Waals surface area contributed by atoms with Crippen LogP contribution in [0.5, 0.6) is 5.75 Å². The molecule has 1 unspecified atom stereocenters. The maximum Gasteiger partial charge on any atom is 0.122 e. The maximum atomic E-state index is 10.4. The minimum absolute atomic E-state index is 0.497. The average Bonchev–Trinajstić information content (AvgIpc) is 2.47. The van der Waals surface area contributed by atoms with E-state index in [4.69, 9.17) is 4.74 Å². The maximum absolute atomic E-state index is 10.4. The number of hydrogen-bond donors (Lipinski definition) is 1. The van der Waals surface area contributed by atoms with Gasteiger partial charge >= 0.3 is 0 Å². The van der Waals surface area contributed by atoms with E-state index in [2.05, 4.69) is 19.1 Å². The van der Waals surface area contributed by atoms with Crippen LogP contribution in [0.2, 0.25) is 0 Å². The zero-order valence-electron chi connectivity index (χ0n) is 11.5. The number of aliphatic hydroxyl groups is 1. The third-order valence-corrected chi connectivity index (χ3v) is 3.35. The predicted molar refractivity (Wildman–Crippen MR) is 77.5 cm³/mol. The van der Waals surface area contributed by atoms with Gasteiger partial charge in [0.2, 0.25) is 0 Å². The molecular formula is C17H20O2. The number of ether oxygens (including phenoxy) is 1. The van der Waals surface area contributed by atoms with Crippen molar-refractivity contribution in [2.75, 3.05) is 7.11 Å². The summed E-state index contributed by atoms with van der Waals surface area (Å²) in [4.78, 5) is 0. The highest BCUT2D eigenvalue weighted by Crippen LogP contribution is 2.25. The van der Waals surface area contributed by atoms with E-state index in [0.717, 1.165) is 23.3 Å². The average molecular weight is 256 g/mol. The van der Waals surface area contributed by atoms with Gasteiger partial charge in [-0.3, -0.25) is 0 Å². The van der Waals surface area contributed by atoms with Gasteiger partial charge in [-0.1, -0.05) is 49.4 Å². The van der Waals surface area contributed by atoms with Crippen molar-refractivity contribution in [2.24, 2.45) is 0 Å². The molecule has 2 heteroatoms. The predicted octanol–water partition coefficient (Wildman–Crippen LogP) is 3.53. The molecule has 0 spiro atoms. The van der Waals surface area contributed by atoms with E-state index in [-0.39, 0.29) is 0 Å². The summed E-state index contributed by atoms with van der Waals surface area (Å²) in [6, 6.07) is 15.9. The van der Waals surface area contributed by atoms with Crippen LogP contribution in [0.4, 0.5) is 0 Å². The second-order valence-electron chi connectivity index (χ2n) is 4.63. The first-order chi connectivity index (χ1) is 9.24. The minimum atomic E-state index is -0.497. The van der Waals surface area contributed by atoms with Crippen LogP contribution in [-0.2, 0) is 12.8 Å². The lowest BCUT2D eigenvalue weighted by atomic mass is 9.98. The van der Waals surface area contributed by atoms with Gasteiger partial charge in [-0.2, -0.15) is 0 Å². The van der Waals surface area contributed by atoms with Gasteiger partial charge in [0, 0.05) is 6.42 Å². The lowest BCUT2D eigenvalue weighted by molar-refractivity contribution is 0.177. The van der Waals surface area contributed by atoms with Crippen LogP contribution in [0, 0.1) is 0 Å². The third kappa shape index (κ3) is 3.36. The Hall–Kier alpha value is -1.80. The molecule has 0 heterocycles. The van der Waals surface area contributed by atoms with Crippen molar-refractivity contribution in [3.63, 3.8) is 0 Å². The van der Waals surface area contributed by atoms with Crippen LogP contribution >= 0.6 is 0 Å². The molecular weight excluding hydrogens is 236 g/mol. The lowest BCUT2D eigenvalue weighted by Gasteiger charge is -2.14. The number of aryl methyl sites for hydroxylation is 1. The van der Waals surface area contributed by atoms with E-state index in [9.17, 15) is 5.11 Å². The number of benzene rings is 2. The summed E-state index contributed by atoms with van der Waals surface area (Å²) in [5.41, 5.74) is 3.24. The summed E-state index contributed by atoms with van der Waals surface area (Å²) < 4.78 is 5.32. The number of methoxy groups -OCH3 is 1. The number of rotatable bonds is 5. The summed E-state index contributed by atoms with van der Waals surface area (Å²) in [6.45, 7) is 2.12. The molecule has 2 rings (SSSR count). The molecule has 1 N–H and O–H groups in total. The molecule has 0 radical (unpaired) electrons. The van der Waals surface area contributed by atoms with Gasteiger partial charge in [0.25, 0.3) is 0 Å². The van der Waals surface area contributed by atoms with Crippen LogP contribution in [0.25, 0.3) is 0 Å². The Kier molecular flexibility index (Phi) is 4.58. The van der Waals surface area contributed by atoms with Crippen molar-refractivity contribution in [1.82, 2.24) is 0 Å². The molecule has 0 aliphatic heterocycles. The fourth-order valence-electron chi connectivity index (χ4n) is 2.22. The van der Waals surface area contributed by atoms with E-state index >= 15 is 0 Å². The Bertz CT molecular complexity index is 534. The molecule has 19 heavy (non-hydrogen) atoms. The van der Waals surface area contributed by atoms with Crippen LogP contribution < -0.4 is 4.74 Å². The van der Waals surface area contributed by atoms with Gasteiger partial charge in [0.05, 0.1) is 13.2 Å². The van der Waals surface area contributed by atoms with Gasteiger partial charge in [-0.05, 0) is 29.2 Å². The minimum Gasteiger partial charge on any atom is -0.496 e. The Labute approximate surface area is 114 Å². The molecule has 0 saturated heterocycles. The third-order valence-electron chi connectivity index (χ3n) is 3.35. The molecule has 2 aromatic rings. The molecule has 2 aromatic carbocycles. The summed E-state index contributed by atoms with van der Waals surface area (Å²) in [6.07, 6.45) is 1.05. The van der Waals surface area contributed by atoms with Crippen LogP contribution in [0.1, 0.15) is 29.7 Å². The topological polar surface area (TPSA) is 29.5 Å². The van der Waals surface area contributed by atoms with E-state index < -0.39 is 6.10 Å². The molecule has 2 nitrogen and oxygen atoms in total. The highest BCUT2D eigenvalue weighted by Gasteiger charge is 2.11. The van der Waals surface area contributed by atoms with Gasteiger partial charge in [-0.25, -0.2) is 0 Å². The first-order valence-corrected chi connectivity index (χ1v) is 6.63. The molecule has 0 bridgehead atoms. The quantitative estimate of drug-likeness (QED) is 0.886. The first kappa shape index (κ1) is 13.6. The summed E-state index contributed by atoms with van der Waals surface area (Å²) in [5, 5.41) is 10.4. The molecule has 0 aromatic heterocycles. The van der Waals surface area contributed by atoms with Gasteiger partial charge in [0.1, 0.15) is 5.75 Å². The van der Waals surface area contributed by atoms with Gasteiger partial charge < -0.3 is 9.84 Å². The summed E-state index contributed by atoms with van der Waals surface area (Å²) in [5.74, 6) is 0.827. The standard InChI is InChI=1S/C17H20O2/c1-3-13-7-6-9-14(11-13)16(18)12-15-8-4-5-10-17(15)19-2/h4-11,16,18H,3,12H2,1-2H3. The Balaban J connectivity index is 2.18. The highest BCUT2D eigenvalue weighted by atomic mass is 16.5. The Morgan fingerprint density at radius 2 is 1.89 bits per heavy atom. The number of para-hydroxylation sites is 1. The fraction of sp³-hybridized carbons (Fsp3) is 0.294. The molecule has 0 aliphatic rings. The smallest absolute Gasteiger partial charge is 0.122 e. The zero-order valence-corrected chi connectivity index (χ0v) is 11.5. The SMILES string of the molecule is CCc1cccc(C(O)Cc2ccccc2OC)c1. The Morgan fingerprint density at radius 3 is 2.63 bits per heavy atom.